The van der Waals surface area contributed by atoms with Crippen molar-refractivity contribution in [3.63, 3.8) is 0 Å². The van der Waals surface area contributed by atoms with Gasteiger partial charge in [0.05, 0.1) is 14.2 Å². The molecule has 3 aromatic rings. The van der Waals surface area contributed by atoms with E-state index in [9.17, 15) is 4.79 Å². The molecule has 7 nitrogen and oxygen atoms in total. The van der Waals surface area contributed by atoms with E-state index in [1.165, 1.54) is 11.1 Å². The standard InChI is InChI=1S/C33H41N3O4/c1-38-28-15-13-26(14-16-28)24-35-22-23-40-30-11-4-3-8-27(30)9-5-6-17-33(25-35)18-20-36(21-19-33)32(37)29-10-7-12-31(34-29)39-2/h3-4,7-8,10-16H,5-6,9,17-25H2,1-2H3. The van der Waals surface area contributed by atoms with Crippen molar-refractivity contribution in [1.82, 2.24) is 14.8 Å². The number of nitrogens with zero attached hydrogens (tertiary/aromatic N) is 3. The predicted octanol–water partition coefficient (Wildman–Crippen LogP) is 5.63. The van der Waals surface area contributed by atoms with Crippen LogP contribution in [-0.4, -0.2) is 67.7 Å². The molecule has 212 valence electrons. The quantitative estimate of drug-likeness (QED) is 0.416. The van der Waals surface area contributed by atoms with E-state index in [1.807, 2.05) is 23.1 Å². The van der Waals surface area contributed by atoms with Gasteiger partial charge in [-0.1, -0.05) is 42.8 Å². The normalized spacial score (nSPS) is 18.1. The molecule has 40 heavy (non-hydrogen) atoms. The molecule has 0 radical (unpaired) electrons. The first-order valence-electron chi connectivity index (χ1n) is 14.4. The lowest BCUT2D eigenvalue weighted by Crippen LogP contribution is -2.48. The number of aryl methyl sites for hydroxylation is 1. The van der Waals surface area contributed by atoms with Gasteiger partial charge in [-0.25, -0.2) is 4.98 Å². The minimum absolute atomic E-state index is 0.0120. The van der Waals surface area contributed by atoms with E-state index in [1.54, 1.807) is 26.4 Å². The van der Waals surface area contributed by atoms with Crippen LogP contribution in [0.2, 0.25) is 0 Å². The monoisotopic (exact) mass is 543 g/mol. The number of hydrogen-bond acceptors (Lipinski definition) is 6. The zero-order chi connectivity index (χ0) is 27.8. The molecule has 0 N–H and O–H groups in total. The van der Waals surface area contributed by atoms with E-state index in [0.29, 0.717) is 18.2 Å². The first-order valence-corrected chi connectivity index (χ1v) is 14.4. The highest BCUT2D eigenvalue weighted by molar-refractivity contribution is 5.92. The number of rotatable bonds is 5. The molecule has 2 aliphatic rings. The molecule has 1 amide bonds. The number of piperidine rings is 1. The fraction of sp³-hybridized carbons (Fsp3) is 0.455. The number of benzene rings is 2. The van der Waals surface area contributed by atoms with Crippen LogP contribution in [0, 0.1) is 5.41 Å². The molecule has 0 unspecified atom stereocenters. The van der Waals surface area contributed by atoms with Crippen LogP contribution in [0.25, 0.3) is 0 Å². The number of likely N-dealkylation sites (tertiary alicyclic amines) is 1. The van der Waals surface area contributed by atoms with Gasteiger partial charge in [0.1, 0.15) is 23.8 Å². The van der Waals surface area contributed by atoms with Gasteiger partial charge in [-0.15, -0.1) is 0 Å². The molecule has 0 saturated carbocycles. The number of carbonyl (C=O) groups is 1. The number of fused-ring (bicyclic) bond motifs is 1. The highest BCUT2D eigenvalue weighted by Crippen LogP contribution is 2.39. The summed E-state index contributed by atoms with van der Waals surface area (Å²) in [6.07, 6.45) is 6.47. The molecule has 0 aliphatic carbocycles. The first-order chi connectivity index (χ1) is 19.6. The summed E-state index contributed by atoms with van der Waals surface area (Å²) in [6, 6.07) is 22.2. The summed E-state index contributed by atoms with van der Waals surface area (Å²) in [4.78, 5) is 22.2. The zero-order valence-corrected chi connectivity index (χ0v) is 23.8. The van der Waals surface area contributed by atoms with E-state index in [4.69, 9.17) is 14.2 Å². The number of hydrogen-bond donors (Lipinski definition) is 0. The van der Waals surface area contributed by atoms with Crippen LogP contribution in [0.1, 0.15) is 53.7 Å². The number of ether oxygens (including phenoxy) is 3. The van der Waals surface area contributed by atoms with E-state index >= 15 is 0 Å². The van der Waals surface area contributed by atoms with Crippen molar-refractivity contribution in [3.8, 4) is 17.4 Å². The third-order valence-corrected chi connectivity index (χ3v) is 8.43. The second-order valence-electron chi connectivity index (χ2n) is 11.1. The third-order valence-electron chi connectivity index (χ3n) is 8.43. The highest BCUT2D eigenvalue weighted by atomic mass is 16.5. The van der Waals surface area contributed by atoms with Gasteiger partial charge in [-0.05, 0) is 72.9 Å². The number of methoxy groups -OCH3 is 2. The molecule has 1 spiro atoms. The topological polar surface area (TPSA) is 64.1 Å². The molecular weight excluding hydrogens is 502 g/mol. The average Bonchev–Trinajstić information content (AvgIpc) is 3.00. The van der Waals surface area contributed by atoms with E-state index < -0.39 is 0 Å². The molecule has 0 bridgehead atoms. The lowest BCUT2D eigenvalue weighted by atomic mass is 9.73. The van der Waals surface area contributed by atoms with Crippen LogP contribution in [0.5, 0.6) is 17.4 Å². The van der Waals surface area contributed by atoms with E-state index in [-0.39, 0.29) is 11.3 Å². The summed E-state index contributed by atoms with van der Waals surface area (Å²) < 4.78 is 16.9. The van der Waals surface area contributed by atoms with Crippen molar-refractivity contribution < 1.29 is 19.0 Å². The maximum absolute atomic E-state index is 13.3. The number of carbonyl (C=O) groups excluding carboxylic acids is 1. The van der Waals surface area contributed by atoms with Gasteiger partial charge < -0.3 is 19.1 Å². The van der Waals surface area contributed by atoms with Gasteiger partial charge in [-0.2, -0.15) is 0 Å². The predicted molar refractivity (Wildman–Crippen MR) is 156 cm³/mol. The Kier molecular flexibility index (Phi) is 9.22. The SMILES string of the molecule is COc1ccc(CN2CCOc3ccccc3CCCCC3(CCN(C(=O)c4cccc(OC)n4)CC3)C2)cc1. The summed E-state index contributed by atoms with van der Waals surface area (Å²) in [6.45, 7) is 4.82. The largest absolute Gasteiger partial charge is 0.497 e. The Bertz CT molecular complexity index is 1250. The van der Waals surface area contributed by atoms with E-state index in [2.05, 4.69) is 46.3 Å². The summed E-state index contributed by atoms with van der Waals surface area (Å²) in [5.41, 5.74) is 3.17. The Morgan fingerprint density at radius 3 is 2.48 bits per heavy atom. The Morgan fingerprint density at radius 2 is 1.70 bits per heavy atom. The van der Waals surface area contributed by atoms with Crippen molar-refractivity contribution in [2.45, 2.75) is 45.1 Å². The summed E-state index contributed by atoms with van der Waals surface area (Å²) in [5, 5.41) is 0. The number of para-hydroxylation sites is 1. The van der Waals surface area contributed by atoms with Crippen molar-refractivity contribution >= 4 is 5.91 Å². The lowest BCUT2D eigenvalue weighted by molar-refractivity contribution is 0.0357. The van der Waals surface area contributed by atoms with Gasteiger partial charge in [0.25, 0.3) is 5.91 Å². The maximum atomic E-state index is 13.3. The van der Waals surface area contributed by atoms with Gasteiger partial charge >= 0.3 is 0 Å². The minimum Gasteiger partial charge on any atom is -0.497 e. The molecule has 1 fully saturated rings. The van der Waals surface area contributed by atoms with Gasteiger partial charge in [0.2, 0.25) is 5.88 Å². The number of pyridine rings is 1. The molecule has 2 aliphatic heterocycles. The van der Waals surface area contributed by atoms with Crippen LogP contribution < -0.4 is 14.2 Å². The van der Waals surface area contributed by atoms with Crippen molar-refractivity contribution in [1.29, 1.82) is 0 Å². The molecule has 0 atom stereocenters. The lowest BCUT2D eigenvalue weighted by Gasteiger charge is -2.45. The Hall–Kier alpha value is -3.58. The van der Waals surface area contributed by atoms with Crippen LogP contribution in [0.3, 0.4) is 0 Å². The minimum atomic E-state index is -0.0120. The summed E-state index contributed by atoms with van der Waals surface area (Å²) in [5.74, 6) is 2.34. The van der Waals surface area contributed by atoms with Crippen molar-refractivity contribution in [3.05, 3.63) is 83.6 Å². The van der Waals surface area contributed by atoms with Crippen LogP contribution in [0.4, 0.5) is 0 Å². The average molecular weight is 544 g/mol. The second-order valence-corrected chi connectivity index (χ2v) is 11.1. The first kappa shape index (κ1) is 28.0. The number of aromatic nitrogens is 1. The zero-order valence-electron chi connectivity index (χ0n) is 23.8. The smallest absolute Gasteiger partial charge is 0.272 e. The molecule has 7 heteroatoms. The number of amides is 1. The molecule has 2 aromatic carbocycles. The third kappa shape index (κ3) is 6.94. The summed E-state index contributed by atoms with van der Waals surface area (Å²) in [7, 11) is 3.28. The highest BCUT2D eigenvalue weighted by Gasteiger charge is 2.37. The molecule has 1 aromatic heterocycles. The Morgan fingerprint density at radius 1 is 0.900 bits per heavy atom. The van der Waals surface area contributed by atoms with Gasteiger partial charge in [-0.3, -0.25) is 9.69 Å². The summed E-state index contributed by atoms with van der Waals surface area (Å²) >= 11 is 0. The van der Waals surface area contributed by atoms with Crippen LogP contribution in [0.15, 0.2) is 66.7 Å². The fourth-order valence-electron chi connectivity index (χ4n) is 6.11. The maximum Gasteiger partial charge on any atom is 0.272 e. The fourth-order valence-corrected chi connectivity index (χ4v) is 6.11. The van der Waals surface area contributed by atoms with Gasteiger partial charge in [0, 0.05) is 38.8 Å². The second kappa shape index (κ2) is 13.2. The molecule has 3 heterocycles. The van der Waals surface area contributed by atoms with Gasteiger partial charge in [0.15, 0.2) is 0 Å². The van der Waals surface area contributed by atoms with E-state index in [0.717, 1.165) is 82.7 Å². The molecular formula is C33H41N3O4. The van der Waals surface area contributed by atoms with Crippen molar-refractivity contribution in [2.24, 2.45) is 5.41 Å². The Labute approximate surface area is 238 Å². The van der Waals surface area contributed by atoms with Crippen LogP contribution >= 0.6 is 0 Å². The molecule has 1 saturated heterocycles. The van der Waals surface area contributed by atoms with Crippen molar-refractivity contribution in [2.75, 3.05) is 47.0 Å². The molecule has 5 rings (SSSR count). The van der Waals surface area contributed by atoms with Crippen LogP contribution in [-0.2, 0) is 13.0 Å². The Balaban J connectivity index is 1.32.